The maximum Gasteiger partial charge on any atom is 0.323 e. The number of rotatable bonds is 3. The van der Waals surface area contributed by atoms with Crippen LogP contribution in [0.3, 0.4) is 0 Å². The van der Waals surface area contributed by atoms with Crippen LogP contribution in [0, 0.1) is 6.92 Å². The highest BCUT2D eigenvalue weighted by molar-refractivity contribution is 8.01. The van der Waals surface area contributed by atoms with E-state index in [1.807, 2.05) is 79.7 Å². The van der Waals surface area contributed by atoms with E-state index in [1.165, 1.54) is 11.8 Å². The largest absolute Gasteiger partial charge is 0.323 e. The number of aryl methyl sites for hydroxylation is 1. The summed E-state index contributed by atoms with van der Waals surface area (Å²) in [5.41, 5.74) is 4.36. The lowest BCUT2D eigenvalue weighted by atomic mass is 10.1. The Morgan fingerprint density at radius 1 is 1.06 bits per heavy atom. The molecule has 1 saturated heterocycles. The topological polar surface area (TPSA) is 52.7 Å². The van der Waals surface area contributed by atoms with E-state index in [4.69, 9.17) is 11.6 Å². The van der Waals surface area contributed by atoms with E-state index < -0.39 is 4.87 Å². The Kier molecular flexibility index (Phi) is 5.35. The minimum atomic E-state index is -1.08. The molecule has 7 heteroatoms. The summed E-state index contributed by atoms with van der Waals surface area (Å²) in [7, 11) is 0. The number of urea groups is 1. The molecule has 0 aromatic heterocycles. The van der Waals surface area contributed by atoms with E-state index in [2.05, 4.69) is 5.32 Å². The van der Waals surface area contributed by atoms with Crippen molar-refractivity contribution in [3.05, 3.63) is 94.5 Å². The molecule has 0 radical (unpaired) electrons. The van der Waals surface area contributed by atoms with Crippen LogP contribution in [-0.4, -0.2) is 29.1 Å². The van der Waals surface area contributed by atoms with Gasteiger partial charge in [-0.2, -0.15) is 0 Å². The zero-order chi connectivity index (χ0) is 22.3. The number of hydrogen-bond acceptors (Lipinski definition) is 3. The molecule has 32 heavy (non-hydrogen) atoms. The van der Waals surface area contributed by atoms with E-state index in [-0.39, 0.29) is 11.9 Å². The predicted octanol–water partition coefficient (Wildman–Crippen LogP) is 5.63. The van der Waals surface area contributed by atoms with Crippen molar-refractivity contribution in [3.8, 4) is 0 Å². The maximum atomic E-state index is 14.0. The predicted molar refractivity (Wildman–Crippen MR) is 130 cm³/mol. The second-order valence-electron chi connectivity index (χ2n) is 7.94. The van der Waals surface area contributed by atoms with Gasteiger partial charge in [-0.25, -0.2) is 4.79 Å². The average Bonchev–Trinajstić information content (AvgIpc) is 3.34. The molecule has 1 spiro atoms. The Morgan fingerprint density at radius 2 is 1.78 bits per heavy atom. The highest BCUT2D eigenvalue weighted by Gasteiger charge is 2.59. The van der Waals surface area contributed by atoms with Crippen LogP contribution in [0.5, 0.6) is 0 Å². The molecule has 5 nitrogen and oxygen atoms in total. The van der Waals surface area contributed by atoms with Crippen LogP contribution < -0.4 is 10.2 Å². The number of anilines is 2. The maximum absolute atomic E-state index is 14.0. The van der Waals surface area contributed by atoms with Crippen molar-refractivity contribution in [2.24, 2.45) is 0 Å². The van der Waals surface area contributed by atoms with Gasteiger partial charge in [0.05, 0.1) is 12.2 Å². The van der Waals surface area contributed by atoms with Gasteiger partial charge in [0.1, 0.15) is 0 Å². The Morgan fingerprint density at radius 3 is 2.56 bits per heavy atom. The van der Waals surface area contributed by atoms with Crippen molar-refractivity contribution in [2.45, 2.75) is 18.3 Å². The summed E-state index contributed by atoms with van der Waals surface area (Å²) >= 11 is 7.90. The second-order valence-corrected chi connectivity index (χ2v) is 9.64. The second kappa shape index (κ2) is 8.19. The van der Waals surface area contributed by atoms with E-state index in [0.717, 1.165) is 22.4 Å². The van der Waals surface area contributed by atoms with Crippen LogP contribution in [0.4, 0.5) is 16.2 Å². The molecular weight excluding hydrogens is 442 g/mol. The Bertz CT molecular complexity index is 1200. The number of carbonyl (C=O) groups is 2. The van der Waals surface area contributed by atoms with Crippen molar-refractivity contribution in [3.63, 3.8) is 0 Å². The fourth-order valence-corrected chi connectivity index (χ4v) is 6.01. The number of amides is 3. The lowest BCUT2D eigenvalue weighted by Crippen LogP contribution is -2.51. The summed E-state index contributed by atoms with van der Waals surface area (Å²) in [6, 6.07) is 22.6. The molecular formula is C25H22ClN3O2S. The fraction of sp³-hybridized carbons (Fsp3) is 0.200. The minimum absolute atomic E-state index is 0.111. The average molecular weight is 464 g/mol. The summed E-state index contributed by atoms with van der Waals surface area (Å²) in [4.78, 5) is 29.6. The van der Waals surface area contributed by atoms with Crippen LogP contribution in [0.25, 0.3) is 0 Å². The normalized spacial score (nSPS) is 19.5. The molecule has 162 valence electrons. The Hall–Kier alpha value is -2.96. The molecule has 1 N–H and O–H groups in total. The van der Waals surface area contributed by atoms with Crippen molar-refractivity contribution in [2.75, 3.05) is 22.5 Å². The third-order valence-electron chi connectivity index (χ3n) is 5.94. The van der Waals surface area contributed by atoms with E-state index >= 15 is 0 Å². The third-order valence-corrected chi connectivity index (χ3v) is 7.72. The molecule has 0 aliphatic carbocycles. The van der Waals surface area contributed by atoms with Crippen molar-refractivity contribution < 1.29 is 9.59 Å². The van der Waals surface area contributed by atoms with Gasteiger partial charge in [-0.15, -0.1) is 11.8 Å². The van der Waals surface area contributed by atoms with Gasteiger partial charge in [-0.1, -0.05) is 65.7 Å². The van der Waals surface area contributed by atoms with E-state index in [1.54, 1.807) is 9.80 Å². The quantitative estimate of drug-likeness (QED) is 0.547. The van der Waals surface area contributed by atoms with Crippen LogP contribution in [-0.2, 0) is 16.2 Å². The van der Waals surface area contributed by atoms with E-state index in [0.29, 0.717) is 29.6 Å². The van der Waals surface area contributed by atoms with Crippen LogP contribution in [0.15, 0.2) is 72.8 Å². The van der Waals surface area contributed by atoms with Gasteiger partial charge < -0.3 is 10.2 Å². The summed E-state index contributed by atoms with van der Waals surface area (Å²) in [5.74, 6) is 0.571. The monoisotopic (exact) mass is 463 g/mol. The highest BCUT2D eigenvalue weighted by Crippen LogP contribution is 2.54. The zero-order valence-electron chi connectivity index (χ0n) is 17.5. The van der Waals surface area contributed by atoms with Crippen LogP contribution in [0.1, 0.15) is 16.7 Å². The molecule has 3 aromatic rings. The molecule has 5 rings (SSSR count). The number of para-hydroxylation sites is 1. The number of carbonyl (C=O) groups excluding carboxylic acids is 2. The first-order valence-corrected chi connectivity index (χ1v) is 11.8. The smallest absolute Gasteiger partial charge is 0.308 e. The minimum Gasteiger partial charge on any atom is -0.308 e. The number of fused-ring (bicyclic) bond motifs is 2. The summed E-state index contributed by atoms with van der Waals surface area (Å²) in [6.45, 7) is 2.84. The van der Waals surface area contributed by atoms with Crippen molar-refractivity contribution >= 4 is 46.7 Å². The lowest BCUT2D eigenvalue weighted by molar-refractivity contribution is -0.123. The van der Waals surface area contributed by atoms with Crippen LogP contribution in [0.2, 0.25) is 5.02 Å². The van der Waals surface area contributed by atoms with E-state index in [9.17, 15) is 9.59 Å². The highest BCUT2D eigenvalue weighted by atomic mass is 35.5. The summed E-state index contributed by atoms with van der Waals surface area (Å²) in [6.07, 6.45) is 0. The van der Waals surface area contributed by atoms with Crippen LogP contribution >= 0.6 is 23.4 Å². The molecule has 2 heterocycles. The molecule has 0 bridgehead atoms. The molecule has 1 atom stereocenters. The number of hydrogen-bond donors (Lipinski definition) is 1. The number of nitrogens with zero attached hydrogens (tertiary/aromatic N) is 2. The molecule has 2 aliphatic heterocycles. The summed E-state index contributed by atoms with van der Waals surface area (Å²) < 4.78 is 0. The van der Waals surface area contributed by atoms with Crippen molar-refractivity contribution in [1.82, 2.24) is 4.90 Å². The first kappa shape index (κ1) is 20.9. The Labute approximate surface area is 196 Å². The summed E-state index contributed by atoms with van der Waals surface area (Å²) in [5, 5.41) is 3.59. The number of nitrogens with one attached hydrogen (secondary N) is 1. The number of benzene rings is 3. The van der Waals surface area contributed by atoms with Crippen molar-refractivity contribution in [1.29, 1.82) is 0 Å². The van der Waals surface area contributed by atoms with Gasteiger partial charge in [-0.3, -0.25) is 9.69 Å². The fourth-order valence-electron chi connectivity index (χ4n) is 4.35. The van der Waals surface area contributed by atoms with Gasteiger partial charge in [0.15, 0.2) is 4.87 Å². The zero-order valence-corrected chi connectivity index (χ0v) is 19.1. The van der Waals surface area contributed by atoms with Gasteiger partial charge in [0.25, 0.3) is 5.91 Å². The molecule has 3 amide bonds. The van der Waals surface area contributed by atoms with Gasteiger partial charge >= 0.3 is 6.03 Å². The SMILES string of the molecule is Cc1ccc(NC(=O)N2CCSC23C(=O)N(Cc2ccccc2Cl)c2ccccc23)cc1. The van der Waals surface area contributed by atoms with Gasteiger partial charge in [-0.05, 0) is 36.8 Å². The molecule has 2 aliphatic rings. The molecule has 1 fully saturated rings. The molecule has 1 unspecified atom stereocenters. The first-order valence-electron chi connectivity index (χ1n) is 10.4. The number of halogens is 1. The first-order chi connectivity index (χ1) is 15.5. The number of thioether (sulfide) groups is 1. The standard InChI is InChI=1S/C25H22ClN3O2S/c1-17-10-12-19(13-11-17)27-24(31)29-14-15-32-25(29)20-7-3-5-9-22(20)28(23(25)30)16-18-6-2-4-8-21(18)26/h2-13H,14-16H2,1H3,(H,27,31). The Balaban J connectivity index is 1.51. The van der Waals surface area contributed by atoms with Gasteiger partial charge in [0.2, 0.25) is 0 Å². The molecule has 0 saturated carbocycles. The lowest BCUT2D eigenvalue weighted by Gasteiger charge is -2.33. The third kappa shape index (κ3) is 3.34. The molecule has 3 aromatic carbocycles. The van der Waals surface area contributed by atoms with Gasteiger partial charge in [0, 0.05) is 28.6 Å².